The fourth-order valence-corrected chi connectivity index (χ4v) is 4.45. The molecule has 2 aromatic heterocycles. The van der Waals surface area contributed by atoms with Crippen molar-refractivity contribution in [1.29, 1.82) is 0 Å². The van der Waals surface area contributed by atoms with E-state index in [0.717, 1.165) is 73.2 Å². The molecular weight excluding hydrogens is 492 g/mol. The molecule has 4 aromatic rings. The molecule has 39 heavy (non-hydrogen) atoms. The number of nitrogens with zero attached hydrogens (tertiary/aromatic N) is 6. The topological polar surface area (TPSA) is 100 Å². The van der Waals surface area contributed by atoms with E-state index in [-0.39, 0.29) is 6.03 Å². The number of carbonyl (C=O) groups excluding carboxylic acids is 1. The van der Waals surface area contributed by atoms with Crippen LogP contribution in [0.3, 0.4) is 0 Å². The van der Waals surface area contributed by atoms with Crippen LogP contribution in [0.5, 0.6) is 0 Å². The lowest BCUT2D eigenvalue weighted by atomic mass is 10.1. The van der Waals surface area contributed by atoms with E-state index in [9.17, 15) is 4.79 Å². The van der Waals surface area contributed by atoms with Crippen molar-refractivity contribution >= 4 is 23.4 Å². The van der Waals surface area contributed by atoms with Crippen molar-refractivity contribution in [1.82, 2.24) is 29.5 Å². The lowest BCUT2D eigenvalue weighted by Gasteiger charge is -2.26. The zero-order valence-electron chi connectivity index (χ0n) is 22.6. The summed E-state index contributed by atoms with van der Waals surface area (Å²) >= 11 is 0. The number of hydrogen-bond donors (Lipinski definition) is 2. The number of aromatic nitrogens is 4. The van der Waals surface area contributed by atoms with Gasteiger partial charge in [0.2, 0.25) is 5.95 Å². The van der Waals surface area contributed by atoms with Crippen LogP contribution in [0, 0.1) is 0 Å². The number of aryl methyl sites for hydroxylation is 1. The van der Waals surface area contributed by atoms with Crippen LogP contribution < -0.4 is 10.6 Å². The van der Waals surface area contributed by atoms with E-state index < -0.39 is 0 Å². The zero-order valence-corrected chi connectivity index (χ0v) is 22.6. The lowest BCUT2D eigenvalue weighted by Crippen LogP contribution is -2.37. The smallest absolute Gasteiger partial charge is 0.321 e. The summed E-state index contributed by atoms with van der Waals surface area (Å²) < 4.78 is 7.23. The van der Waals surface area contributed by atoms with Gasteiger partial charge in [-0.2, -0.15) is 5.10 Å². The van der Waals surface area contributed by atoms with Gasteiger partial charge in [0.25, 0.3) is 0 Å². The largest absolute Gasteiger partial charge is 0.379 e. The average Bonchev–Trinajstić information content (AvgIpc) is 3.35. The second kappa shape index (κ2) is 12.1. The van der Waals surface area contributed by atoms with E-state index in [1.54, 1.807) is 25.0 Å². The Morgan fingerprint density at radius 1 is 1.05 bits per heavy atom. The number of amides is 2. The number of benzene rings is 2. The number of nitrogens with one attached hydrogen (secondary N) is 2. The van der Waals surface area contributed by atoms with Crippen molar-refractivity contribution in [3.8, 4) is 22.5 Å². The van der Waals surface area contributed by atoms with Crippen molar-refractivity contribution in [3.05, 3.63) is 72.6 Å². The first-order valence-corrected chi connectivity index (χ1v) is 13.1. The average molecular weight is 527 g/mol. The Morgan fingerprint density at radius 2 is 1.85 bits per heavy atom. The Labute approximate surface area is 228 Å². The molecule has 3 heterocycles. The van der Waals surface area contributed by atoms with Gasteiger partial charge in [0.15, 0.2) is 0 Å². The minimum atomic E-state index is -0.176. The predicted octanol–water partition coefficient (Wildman–Crippen LogP) is 4.26. The third-order valence-electron chi connectivity index (χ3n) is 6.58. The Morgan fingerprint density at radius 3 is 2.62 bits per heavy atom. The van der Waals surface area contributed by atoms with Gasteiger partial charge in [-0.05, 0) is 42.3 Å². The van der Waals surface area contributed by atoms with Crippen LogP contribution in [-0.4, -0.2) is 82.5 Å². The third-order valence-corrected chi connectivity index (χ3v) is 6.58. The highest BCUT2D eigenvalue weighted by Crippen LogP contribution is 2.31. The van der Waals surface area contributed by atoms with Gasteiger partial charge >= 0.3 is 6.03 Å². The molecule has 1 aliphatic rings. The number of carbonyl (C=O) groups is 1. The second-order valence-electron chi connectivity index (χ2n) is 9.76. The molecule has 0 bridgehead atoms. The lowest BCUT2D eigenvalue weighted by molar-refractivity contribution is 0.0384. The van der Waals surface area contributed by atoms with Crippen molar-refractivity contribution in [2.24, 2.45) is 7.05 Å². The number of rotatable bonds is 8. The minimum Gasteiger partial charge on any atom is -0.379 e. The first kappa shape index (κ1) is 26.3. The van der Waals surface area contributed by atoms with Crippen molar-refractivity contribution < 1.29 is 9.53 Å². The molecule has 0 radical (unpaired) electrons. The van der Waals surface area contributed by atoms with E-state index in [4.69, 9.17) is 9.72 Å². The summed E-state index contributed by atoms with van der Waals surface area (Å²) in [5, 5.41) is 10.9. The van der Waals surface area contributed by atoms with Crippen LogP contribution in [0.2, 0.25) is 0 Å². The Kier molecular flexibility index (Phi) is 8.14. The van der Waals surface area contributed by atoms with Gasteiger partial charge < -0.3 is 20.3 Å². The van der Waals surface area contributed by atoms with E-state index in [2.05, 4.69) is 43.8 Å². The number of anilines is 3. The number of hydrogen-bond acceptors (Lipinski definition) is 7. The first-order chi connectivity index (χ1) is 18.9. The Bertz CT molecular complexity index is 1410. The monoisotopic (exact) mass is 526 g/mol. The van der Waals surface area contributed by atoms with Crippen LogP contribution in [0.4, 0.5) is 22.1 Å². The highest BCUT2D eigenvalue weighted by molar-refractivity contribution is 5.89. The molecule has 2 aromatic carbocycles. The van der Waals surface area contributed by atoms with Gasteiger partial charge in [-0.3, -0.25) is 9.58 Å². The maximum absolute atomic E-state index is 12.0. The Balaban J connectivity index is 1.31. The summed E-state index contributed by atoms with van der Waals surface area (Å²) in [5.41, 5.74) is 6.33. The number of ether oxygens (including phenoxy) is 1. The molecule has 202 valence electrons. The number of urea groups is 1. The second-order valence-corrected chi connectivity index (χ2v) is 9.76. The quantitative estimate of drug-likeness (QED) is 0.354. The summed E-state index contributed by atoms with van der Waals surface area (Å²) in [6.07, 6.45) is 4.69. The molecule has 0 atom stereocenters. The van der Waals surface area contributed by atoms with Gasteiger partial charge in [0, 0.05) is 75.7 Å². The predicted molar refractivity (Wildman–Crippen MR) is 153 cm³/mol. The SMILES string of the molecule is CN(C)C(=O)Nc1ccc(-c2nn(C)cc2-c2ccnc(Nc3cccc(CCN4CCOCC4)c3)n2)cc1. The van der Waals surface area contributed by atoms with Gasteiger partial charge in [0.1, 0.15) is 5.69 Å². The van der Waals surface area contributed by atoms with Crippen LogP contribution in [0.15, 0.2) is 67.0 Å². The van der Waals surface area contributed by atoms with E-state index in [1.165, 1.54) is 10.5 Å². The first-order valence-electron chi connectivity index (χ1n) is 13.1. The van der Waals surface area contributed by atoms with Crippen molar-refractivity contribution in [2.75, 3.05) is 57.6 Å². The molecule has 10 nitrogen and oxygen atoms in total. The summed E-state index contributed by atoms with van der Waals surface area (Å²) in [6.45, 7) is 4.63. The molecule has 0 unspecified atom stereocenters. The maximum Gasteiger partial charge on any atom is 0.321 e. The zero-order chi connectivity index (χ0) is 27.2. The summed E-state index contributed by atoms with van der Waals surface area (Å²) in [5.74, 6) is 0.523. The molecule has 1 saturated heterocycles. The summed E-state index contributed by atoms with van der Waals surface area (Å²) in [6, 6.07) is 17.7. The van der Waals surface area contributed by atoms with Crippen LogP contribution >= 0.6 is 0 Å². The standard InChI is InChI=1S/C29H34N8O2/c1-35(2)29(38)32-23-9-7-22(8-10-23)27-25(20-36(3)34-27)26-11-13-30-28(33-26)31-24-6-4-5-21(19-24)12-14-37-15-17-39-18-16-37/h4-11,13,19-20H,12,14-18H2,1-3H3,(H,32,38)(H,30,31,33). The molecule has 1 fully saturated rings. The van der Waals surface area contributed by atoms with Crippen LogP contribution in [-0.2, 0) is 18.2 Å². The third kappa shape index (κ3) is 6.78. The van der Waals surface area contributed by atoms with Gasteiger partial charge in [-0.25, -0.2) is 14.8 Å². The maximum atomic E-state index is 12.0. The Hall–Kier alpha value is -4.28. The molecule has 1 aliphatic heterocycles. The fourth-order valence-electron chi connectivity index (χ4n) is 4.45. The van der Waals surface area contributed by atoms with Crippen LogP contribution in [0.25, 0.3) is 22.5 Å². The molecule has 2 amide bonds. The molecule has 0 spiro atoms. The van der Waals surface area contributed by atoms with E-state index in [0.29, 0.717) is 5.95 Å². The molecular formula is C29H34N8O2. The van der Waals surface area contributed by atoms with E-state index in [1.807, 2.05) is 49.6 Å². The molecule has 0 aliphatic carbocycles. The summed E-state index contributed by atoms with van der Waals surface area (Å²) in [4.78, 5) is 25.2. The fraction of sp³-hybridized carbons (Fsp3) is 0.310. The normalized spacial score (nSPS) is 13.7. The van der Waals surface area contributed by atoms with Crippen molar-refractivity contribution in [3.63, 3.8) is 0 Å². The highest BCUT2D eigenvalue weighted by atomic mass is 16.5. The molecule has 0 saturated carbocycles. The minimum absolute atomic E-state index is 0.176. The molecule has 5 rings (SSSR count). The molecule has 2 N–H and O–H groups in total. The van der Waals surface area contributed by atoms with Gasteiger partial charge in [-0.1, -0.05) is 24.3 Å². The molecule has 10 heteroatoms. The van der Waals surface area contributed by atoms with Crippen LogP contribution in [0.1, 0.15) is 5.56 Å². The van der Waals surface area contributed by atoms with E-state index >= 15 is 0 Å². The van der Waals surface area contributed by atoms with Gasteiger partial charge in [-0.15, -0.1) is 0 Å². The van der Waals surface area contributed by atoms with Gasteiger partial charge in [0.05, 0.1) is 18.9 Å². The number of morpholine rings is 1. The summed E-state index contributed by atoms with van der Waals surface area (Å²) in [7, 11) is 5.30. The van der Waals surface area contributed by atoms with Crippen molar-refractivity contribution in [2.45, 2.75) is 6.42 Å². The highest BCUT2D eigenvalue weighted by Gasteiger charge is 2.15.